The molecule has 0 fully saturated rings. The van der Waals surface area contributed by atoms with E-state index in [1.54, 1.807) is 11.0 Å². The Morgan fingerprint density at radius 1 is 1.35 bits per heavy atom. The summed E-state index contributed by atoms with van der Waals surface area (Å²) in [7, 11) is 3.67. The number of fused-ring (bicyclic) bond motifs is 1. The molecular weight excluding hydrogens is 242 g/mol. The molecule has 0 amide bonds. The molecule has 1 heterocycles. The Labute approximate surface area is 103 Å². The van der Waals surface area contributed by atoms with Gasteiger partial charge >= 0.3 is 5.97 Å². The first-order valence-electron chi connectivity index (χ1n) is 4.87. The van der Waals surface area contributed by atoms with E-state index < -0.39 is 5.97 Å². The largest absolute Gasteiger partial charge is 0.478 e. The van der Waals surface area contributed by atoms with E-state index in [-0.39, 0.29) is 10.8 Å². The van der Waals surface area contributed by atoms with Gasteiger partial charge in [0.1, 0.15) is 5.82 Å². The number of benzene rings is 1. The number of aromatic carboxylic acids is 1. The van der Waals surface area contributed by atoms with Crippen molar-refractivity contribution in [3.63, 3.8) is 0 Å². The molecule has 0 spiro atoms. The van der Waals surface area contributed by atoms with Crippen molar-refractivity contribution < 1.29 is 9.90 Å². The van der Waals surface area contributed by atoms with E-state index in [1.165, 1.54) is 12.1 Å². The van der Waals surface area contributed by atoms with E-state index in [2.05, 4.69) is 9.97 Å². The van der Waals surface area contributed by atoms with Gasteiger partial charge in [0.2, 0.25) is 5.28 Å². The van der Waals surface area contributed by atoms with Gasteiger partial charge in [-0.2, -0.15) is 4.98 Å². The normalized spacial score (nSPS) is 10.5. The molecule has 1 N–H and O–H groups in total. The SMILES string of the molecule is CN(C)c1nc(Cl)nc2cc(C(=O)O)ccc12. The third-order valence-corrected chi connectivity index (χ3v) is 2.49. The van der Waals surface area contributed by atoms with Gasteiger partial charge in [0, 0.05) is 19.5 Å². The van der Waals surface area contributed by atoms with Gasteiger partial charge in [-0.1, -0.05) is 0 Å². The molecule has 6 heteroatoms. The number of aromatic nitrogens is 2. The van der Waals surface area contributed by atoms with Crippen LogP contribution in [0.25, 0.3) is 10.9 Å². The van der Waals surface area contributed by atoms with Gasteiger partial charge in [-0.3, -0.25) is 0 Å². The number of halogens is 1. The molecule has 1 aromatic heterocycles. The van der Waals surface area contributed by atoms with Crippen LogP contribution >= 0.6 is 11.6 Å². The van der Waals surface area contributed by atoms with Crippen molar-refractivity contribution >= 4 is 34.3 Å². The number of carbonyl (C=O) groups is 1. The molecule has 1 aromatic carbocycles. The van der Waals surface area contributed by atoms with E-state index in [0.717, 1.165) is 5.39 Å². The number of rotatable bonds is 2. The van der Waals surface area contributed by atoms with Gasteiger partial charge in [0.25, 0.3) is 0 Å². The lowest BCUT2D eigenvalue weighted by Gasteiger charge is -2.14. The van der Waals surface area contributed by atoms with Crippen LogP contribution in [0.5, 0.6) is 0 Å². The third-order valence-electron chi connectivity index (χ3n) is 2.32. The van der Waals surface area contributed by atoms with Crippen LogP contribution in [-0.2, 0) is 0 Å². The van der Waals surface area contributed by atoms with Crippen molar-refractivity contribution in [3.05, 3.63) is 29.0 Å². The fourth-order valence-electron chi connectivity index (χ4n) is 1.56. The molecule has 0 aliphatic rings. The number of carboxylic acid groups (broad SMARTS) is 1. The summed E-state index contributed by atoms with van der Waals surface area (Å²) >= 11 is 5.80. The summed E-state index contributed by atoms with van der Waals surface area (Å²) in [5.74, 6) is -0.329. The highest BCUT2D eigenvalue weighted by atomic mass is 35.5. The summed E-state index contributed by atoms with van der Waals surface area (Å²) in [5, 5.41) is 9.77. The van der Waals surface area contributed by atoms with Crippen molar-refractivity contribution in [1.82, 2.24) is 9.97 Å². The molecule has 0 saturated heterocycles. The average molecular weight is 252 g/mol. The summed E-state index contributed by atoms with van der Waals surface area (Å²) in [6.45, 7) is 0. The highest BCUT2D eigenvalue weighted by Crippen LogP contribution is 2.24. The molecule has 0 radical (unpaired) electrons. The fourth-order valence-corrected chi connectivity index (χ4v) is 1.73. The minimum atomic E-state index is -0.993. The zero-order chi connectivity index (χ0) is 12.6. The van der Waals surface area contributed by atoms with Crippen molar-refractivity contribution in [3.8, 4) is 0 Å². The Morgan fingerprint density at radius 2 is 2.06 bits per heavy atom. The van der Waals surface area contributed by atoms with Gasteiger partial charge in [0.05, 0.1) is 11.1 Å². The first kappa shape index (κ1) is 11.6. The highest BCUT2D eigenvalue weighted by molar-refractivity contribution is 6.28. The number of nitrogens with zero attached hydrogens (tertiary/aromatic N) is 3. The molecule has 0 unspecified atom stereocenters. The van der Waals surface area contributed by atoms with Crippen LogP contribution in [0, 0.1) is 0 Å². The van der Waals surface area contributed by atoms with E-state index in [0.29, 0.717) is 11.3 Å². The monoisotopic (exact) mass is 251 g/mol. The third kappa shape index (κ3) is 2.14. The van der Waals surface area contributed by atoms with Gasteiger partial charge in [0.15, 0.2) is 0 Å². The minimum Gasteiger partial charge on any atom is -0.478 e. The van der Waals surface area contributed by atoms with Gasteiger partial charge in [-0.25, -0.2) is 9.78 Å². The lowest BCUT2D eigenvalue weighted by atomic mass is 10.1. The average Bonchev–Trinajstić information content (AvgIpc) is 2.26. The predicted octanol–water partition coefficient (Wildman–Crippen LogP) is 2.05. The quantitative estimate of drug-likeness (QED) is 0.828. The molecule has 17 heavy (non-hydrogen) atoms. The van der Waals surface area contributed by atoms with Gasteiger partial charge in [-0.15, -0.1) is 0 Å². The van der Waals surface area contributed by atoms with Gasteiger partial charge < -0.3 is 10.0 Å². The second-order valence-corrected chi connectivity index (χ2v) is 4.09. The minimum absolute atomic E-state index is 0.101. The van der Waals surface area contributed by atoms with Crippen molar-refractivity contribution in [2.75, 3.05) is 19.0 Å². The summed E-state index contributed by atoms with van der Waals surface area (Å²) in [4.78, 5) is 20.8. The Morgan fingerprint density at radius 3 is 2.65 bits per heavy atom. The van der Waals surface area contributed by atoms with E-state index in [4.69, 9.17) is 16.7 Å². The maximum atomic E-state index is 10.9. The molecule has 0 aliphatic heterocycles. The van der Waals surface area contributed by atoms with E-state index >= 15 is 0 Å². The predicted molar refractivity (Wildman–Crippen MR) is 65.8 cm³/mol. The Kier molecular flexibility index (Phi) is 2.85. The molecular formula is C11H10ClN3O2. The molecule has 0 saturated carbocycles. The molecule has 0 bridgehead atoms. The Bertz CT molecular complexity index is 599. The molecule has 2 rings (SSSR count). The standard InChI is InChI=1S/C11H10ClN3O2/c1-15(2)9-7-4-3-6(10(16)17)5-8(7)13-11(12)14-9/h3-5H,1-2H3,(H,16,17). The molecule has 0 aliphatic carbocycles. The highest BCUT2D eigenvalue weighted by Gasteiger charge is 2.11. The van der Waals surface area contributed by atoms with Crippen LogP contribution in [0.4, 0.5) is 5.82 Å². The number of hydrogen-bond acceptors (Lipinski definition) is 4. The van der Waals surface area contributed by atoms with Crippen LogP contribution in [0.3, 0.4) is 0 Å². The zero-order valence-corrected chi connectivity index (χ0v) is 10.1. The molecule has 5 nitrogen and oxygen atoms in total. The van der Waals surface area contributed by atoms with Crippen LogP contribution < -0.4 is 4.90 Å². The summed E-state index contributed by atoms with van der Waals surface area (Å²) < 4.78 is 0. The first-order chi connectivity index (χ1) is 7.99. The maximum absolute atomic E-state index is 10.9. The molecule has 0 atom stereocenters. The van der Waals surface area contributed by atoms with Crippen LogP contribution in [0.2, 0.25) is 5.28 Å². The van der Waals surface area contributed by atoms with Crippen LogP contribution in [0.15, 0.2) is 18.2 Å². The lowest BCUT2D eigenvalue weighted by Crippen LogP contribution is -2.12. The molecule has 88 valence electrons. The Balaban J connectivity index is 2.75. The van der Waals surface area contributed by atoms with Crippen molar-refractivity contribution in [2.24, 2.45) is 0 Å². The number of carboxylic acids is 1. The first-order valence-corrected chi connectivity index (χ1v) is 5.25. The maximum Gasteiger partial charge on any atom is 0.335 e. The Hall–Kier alpha value is -1.88. The van der Waals surface area contributed by atoms with Gasteiger partial charge in [-0.05, 0) is 29.8 Å². The topological polar surface area (TPSA) is 66.3 Å². The van der Waals surface area contributed by atoms with Crippen LogP contribution in [0.1, 0.15) is 10.4 Å². The number of hydrogen-bond donors (Lipinski definition) is 1. The van der Waals surface area contributed by atoms with Crippen molar-refractivity contribution in [2.45, 2.75) is 0 Å². The van der Waals surface area contributed by atoms with E-state index in [1.807, 2.05) is 14.1 Å². The second kappa shape index (κ2) is 4.18. The second-order valence-electron chi connectivity index (χ2n) is 3.75. The van der Waals surface area contributed by atoms with Crippen LogP contribution in [-0.4, -0.2) is 35.1 Å². The van der Waals surface area contributed by atoms with E-state index in [9.17, 15) is 4.79 Å². The summed E-state index contributed by atoms with van der Waals surface area (Å²) in [6.07, 6.45) is 0. The summed E-state index contributed by atoms with van der Waals surface area (Å²) in [6, 6.07) is 4.69. The summed E-state index contributed by atoms with van der Waals surface area (Å²) in [5.41, 5.74) is 0.700. The number of anilines is 1. The lowest BCUT2D eigenvalue weighted by molar-refractivity contribution is 0.0697. The fraction of sp³-hybridized carbons (Fsp3) is 0.182. The molecule has 2 aromatic rings. The smallest absolute Gasteiger partial charge is 0.335 e. The zero-order valence-electron chi connectivity index (χ0n) is 9.31. The van der Waals surface area contributed by atoms with Crippen molar-refractivity contribution in [1.29, 1.82) is 0 Å².